The summed E-state index contributed by atoms with van der Waals surface area (Å²) in [6, 6.07) is 6.62. The molecule has 1 aromatic rings. The Morgan fingerprint density at radius 2 is 2.32 bits per heavy atom. The van der Waals surface area contributed by atoms with Crippen LogP contribution < -0.4 is 10.1 Å². The van der Waals surface area contributed by atoms with E-state index < -0.39 is 0 Å². The SMILES string of the molecule is CCC1C(=O)NCCN1C(=O)c1cccc(OC)c1. The van der Waals surface area contributed by atoms with Crippen molar-refractivity contribution < 1.29 is 14.3 Å². The van der Waals surface area contributed by atoms with E-state index in [0.29, 0.717) is 30.8 Å². The smallest absolute Gasteiger partial charge is 0.254 e. The maximum absolute atomic E-state index is 12.5. The number of amides is 2. The van der Waals surface area contributed by atoms with Crippen LogP contribution in [-0.4, -0.2) is 43.0 Å². The summed E-state index contributed by atoms with van der Waals surface area (Å²) in [6.07, 6.45) is 0.613. The number of hydrogen-bond acceptors (Lipinski definition) is 3. The van der Waals surface area contributed by atoms with Crippen LogP contribution in [0.1, 0.15) is 23.7 Å². The van der Waals surface area contributed by atoms with Gasteiger partial charge in [0.05, 0.1) is 7.11 Å². The number of carbonyl (C=O) groups excluding carboxylic acids is 2. The Balaban J connectivity index is 2.24. The Kier molecular flexibility index (Phi) is 4.04. The molecule has 5 nitrogen and oxygen atoms in total. The lowest BCUT2D eigenvalue weighted by atomic mass is 10.1. The zero-order valence-electron chi connectivity index (χ0n) is 11.2. The number of hydrogen-bond donors (Lipinski definition) is 1. The van der Waals surface area contributed by atoms with Crippen LogP contribution in [0.5, 0.6) is 5.75 Å². The van der Waals surface area contributed by atoms with Crippen LogP contribution >= 0.6 is 0 Å². The zero-order valence-corrected chi connectivity index (χ0v) is 11.2. The molecule has 0 aromatic heterocycles. The van der Waals surface area contributed by atoms with Crippen molar-refractivity contribution in [3.63, 3.8) is 0 Å². The number of ether oxygens (including phenoxy) is 1. The van der Waals surface area contributed by atoms with E-state index in [9.17, 15) is 9.59 Å². The number of rotatable bonds is 3. The highest BCUT2D eigenvalue weighted by atomic mass is 16.5. The van der Waals surface area contributed by atoms with Crippen molar-refractivity contribution >= 4 is 11.8 Å². The molecule has 0 saturated carbocycles. The largest absolute Gasteiger partial charge is 0.497 e. The van der Waals surface area contributed by atoms with Gasteiger partial charge in [-0.1, -0.05) is 13.0 Å². The Labute approximate surface area is 112 Å². The molecule has 0 spiro atoms. The number of benzene rings is 1. The van der Waals surface area contributed by atoms with E-state index in [1.165, 1.54) is 0 Å². The highest BCUT2D eigenvalue weighted by Gasteiger charge is 2.32. The van der Waals surface area contributed by atoms with Gasteiger partial charge in [0.2, 0.25) is 5.91 Å². The molecule has 1 N–H and O–H groups in total. The van der Waals surface area contributed by atoms with Crippen molar-refractivity contribution in [3.8, 4) is 5.75 Å². The van der Waals surface area contributed by atoms with E-state index in [4.69, 9.17) is 4.74 Å². The van der Waals surface area contributed by atoms with E-state index in [-0.39, 0.29) is 17.9 Å². The van der Waals surface area contributed by atoms with Crippen LogP contribution in [0.25, 0.3) is 0 Å². The Morgan fingerprint density at radius 3 is 3.00 bits per heavy atom. The van der Waals surface area contributed by atoms with E-state index in [2.05, 4.69) is 5.32 Å². The summed E-state index contributed by atoms with van der Waals surface area (Å²) in [6.45, 7) is 2.95. The van der Waals surface area contributed by atoms with Gasteiger partial charge in [-0.15, -0.1) is 0 Å². The van der Waals surface area contributed by atoms with Crippen molar-refractivity contribution in [2.24, 2.45) is 0 Å². The summed E-state index contributed by atoms with van der Waals surface area (Å²) < 4.78 is 5.12. The molecule has 1 aromatic carbocycles. The lowest BCUT2D eigenvalue weighted by Gasteiger charge is -2.34. The van der Waals surface area contributed by atoms with Crippen molar-refractivity contribution in [1.82, 2.24) is 10.2 Å². The number of nitrogens with zero attached hydrogens (tertiary/aromatic N) is 1. The molecule has 2 amide bonds. The van der Waals surface area contributed by atoms with Gasteiger partial charge in [-0.25, -0.2) is 0 Å². The maximum atomic E-state index is 12.5. The molecule has 102 valence electrons. The fourth-order valence-electron chi connectivity index (χ4n) is 2.29. The number of carbonyl (C=O) groups is 2. The average Bonchev–Trinajstić information content (AvgIpc) is 2.46. The van der Waals surface area contributed by atoms with Crippen molar-refractivity contribution in [3.05, 3.63) is 29.8 Å². The van der Waals surface area contributed by atoms with E-state index in [1.807, 2.05) is 6.92 Å². The quantitative estimate of drug-likeness (QED) is 0.885. The highest BCUT2D eigenvalue weighted by molar-refractivity contribution is 5.98. The maximum Gasteiger partial charge on any atom is 0.254 e. The van der Waals surface area contributed by atoms with Crippen LogP contribution in [0.15, 0.2) is 24.3 Å². The minimum absolute atomic E-state index is 0.0787. The molecule has 1 heterocycles. The highest BCUT2D eigenvalue weighted by Crippen LogP contribution is 2.17. The van der Waals surface area contributed by atoms with Crippen LogP contribution in [0, 0.1) is 0 Å². The lowest BCUT2D eigenvalue weighted by Crippen LogP contribution is -2.56. The Morgan fingerprint density at radius 1 is 1.53 bits per heavy atom. The van der Waals surface area contributed by atoms with Gasteiger partial charge >= 0.3 is 0 Å². The molecule has 1 fully saturated rings. The molecule has 1 atom stereocenters. The summed E-state index contributed by atoms with van der Waals surface area (Å²) in [5.74, 6) is 0.436. The van der Waals surface area contributed by atoms with Crippen molar-refractivity contribution in [2.75, 3.05) is 20.2 Å². The molecule has 0 radical (unpaired) electrons. The van der Waals surface area contributed by atoms with Crippen molar-refractivity contribution in [2.45, 2.75) is 19.4 Å². The Hall–Kier alpha value is -2.04. The molecule has 1 aliphatic heterocycles. The van der Waals surface area contributed by atoms with Crippen molar-refractivity contribution in [1.29, 1.82) is 0 Å². The minimum Gasteiger partial charge on any atom is -0.497 e. The molecule has 1 aliphatic rings. The summed E-state index contributed by atoms with van der Waals surface area (Å²) in [7, 11) is 1.56. The summed E-state index contributed by atoms with van der Waals surface area (Å²) in [5.41, 5.74) is 0.549. The predicted molar refractivity (Wildman–Crippen MR) is 71.1 cm³/mol. The lowest BCUT2D eigenvalue weighted by molar-refractivity contribution is -0.127. The number of nitrogens with one attached hydrogen (secondary N) is 1. The third kappa shape index (κ3) is 2.70. The van der Waals surface area contributed by atoms with Crippen LogP contribution in [0.3, 0.4) is 0 Å². The summed E-state index contributed by atoms with van der Waals surface area (Å²) >= 11 is 0. The Bertz CT molecular complexity index is 487. The normalized spacial score (nSPS) is 18.9. The molecule has 19 heavy (non-hydrogen) atoms. The summed E-state index contributed by atoms with van der Waals surface area (Å²) in [5, 5.41) is 2.78. The van der Waals surface area contributed by atoms with Gasteiger partial charge in [-0.3, -0.25) is 9.59 Å². The number of piperazine rings is 1. The van der Waals surface area contributed by atoms with Crippen LogP contribution in [0.2, 0.25) is 0 Å². The summed E-state index contributed by atoms with van der Waals surface area (Å²) in [4.78, 5) is 25.9. The molecule has 2 rings (SSSR count). The second-order valence-electron chi connectivity index (χ2n) is 4.45. The first-order valence-corrected chi connectivity index (χ1v) is 6.40. The molecule has 5 heteroatoms. The third-order valence-electron chi connectivity index (χ3n) is 3.30. The standard InChI is InChI=1S/C14H18N2O3/c1-3-12-13(17)15-7-8-16(12)14(18)10-5-4-6-11(9-10)19-2/h4-6,9,12H,3,7-8H2,1-2H3,(H,15,17). The topological polar surface area (TPSA) is 58.6 Å². The molecular weight excluding hydrogens is 244 g/mol. The van der Waals surface area contributed by atoms with Gasteiger partial charge in [0, 0.05) is 18.7 Å². The van der Waals surface area contributed by atoms with E-state index >= 15 is 0 Å². The second kappa shape index (κ2) is 5.73. The van der Waals surface area contributed by atoms with E-state index in [1.54, 1.807) is 36.3 Å². The van der Waals surface area contributed by atoms with Crippen LogP contribution in [-0.2, 0) is 4.79 Å². The van der Waals surface area contributed by atoms with Gasteiger partial charge in [0.15, 0.2) is 0 Å². The number of methoxy groups -OCH3 is 1. The first-order chi connectivity index (χ1) is 9.17. The monoisotopic (exact) mass is 262 g/mol. The predicted octanol–water partition coefficient (Wildman–Crippen LogP) is 1.05. The van der Waals surface area contributed by atoms with E-state index in [0.717, 1.165) is 0 Å². The first-order valence-electron chi connectivity index (χ1n) is 6.40. The van der Waals surface area contributed by atoms with Gasteiger partial charge in [0.1, 0.15) is 11.8 Å². The molecule has 0 aliphatic carbocycles. The zero-order chi connectivity index (χ0) is 13.8. The third-order valence-corrected chi connectivity index (χ3v) is 3.30. The van der Waals surface area contributed by atoms with Gasteiger partial charge < -0.3 is 15.0 Å². The average molecular weight is 262 g/mol. The van der Waals surface area contributed by atoms with Gasteiger partial charge in [-0.05, 0) is 24.6 Å². The van der Waals surface area contributed by atoms with Gasteiger partial charge in [-0.2, -0.15) is 0 Å². The fraction of sp³-hybridized carbons (Fsp3) is 0.429. The second-order valence-corrected chi connectivity index (χ2v) is 4.45. The van der Waals surface area contributed by atoms with Crippen LogP contribution in [0.4, 0.5) is 0 Å². The fourth-order valence-corrected chi connectivity index (χ4v) is 2.29. The minimum atomic E-state index is -0.382. The molecule has 0 bridgehead atoms. The molecular formula is C14H18N2O3. The first kappa shape index (κ1) is 13.4. The molecule has 1 saturated heterocycles. The molecule has 1 unspecified atom stereocenters. The van der Waals surface area contributed by atoms with Gasteiger partial charge in [0.25, 0.3) is 5.91 Å².